The molecule has 21 heavy (non-hydrogen) atoms. The van der Waals surface area contributed by atoms with Gasteiger partial charge in [-0.1, -0.05) is 44.2 Å². The van der Waals surface area contributed by atoms with Gasteiger partial charge in [0.15, 0.2) is 0 Å². The lowest BCUT2D eigenvalue weighted by atomic mass is 10.1. The molecule has 112 valence electrons. The van der Waals surface area contributed by atoms with Crippen LogP contribution >= 0.6 is 11.8 Å². The molecule has 0 radical (unpaired) electrons. The highest BCUT2D eigenvalue weighted by Crippen LogP contribution is 2.25. The number of nitrogens with one attached hydrogen (secondary N) is 1. The Labute approximate surface area is 131 Å². The highest BCUT2D eigenvalue weighted by Gasteiger charge is 2.11. The fourth-order valence-electron chi connectivity index (χ4n) is 2.24. The van der Waals surface area contributed by atoms with Crippen molar-refractivity contribution in [3.05, 3.63) is 65.5 Å². The van der Waals surface area contributed by atoms with E-state index < -0.39 is 0 Å². The Morgan fingerprint density at radius 1 is 1.10 bits per heavy atom. The first-order valence-electron chi connectivity index (χ1n) is 7.43. The number of rotatable bonds is 7. The van der Waals surface area contributed by atoms with Crippen LogP contribution in [0.2, 0.25) is 0 Å². The summed E-state index contributed by atoms with van der Waals surface area (Å²) in [6.45, 7) is 5.20. The van der Waals surface area contributed by atoms with Crippen molar-refractivity contribution in [3.63, 3.8) is 0 Å². The Hall–Kier alpha value is -1.32. The van der Waals surface area contributed by atoms with E-state index in [1.165, 1.54) is 17.2 Å². The lowest BCUT2D eigenvalue weighted by molar-refractivity contribution is 0.605. The van der Waals surface area contributed by atoms with E-state index in [9.17, 15) is 4.39 Å². The van der Waals surface area contributed by atoms with Crippen molar-refractivity contribution >= 4 is 11.8 Å². The summed E-state index contributed by atoms with van der Waals surface area (Å²) < 4.78 is 13.2. The second-order valence-electron chi connectivity index (χ2n) is 4.97. The Bertz CT molecular complexity index is 553. The molecule has 0 heterocycles. The minimum Gasteiger partial charge on any atom is -0.309 e. The first kappa shape index (κ1) is 16.1. The Balaban J connectivity index is 2.04. The van der Waals surface area contributed by atoms with E-state index in [1.807, 2.05) is 6.07 Å². The summed E-state index contributed by atoms with van der Waals surface area (Å²) in [5, 5.41) is 3.51. The summed E-state index contributed by atoms with van der Waals surface area (Å²) in [5.74, 6) is 0.718. The van der Waals surface area contributed by atoms with Crippen LogP contribution in [0.1, 0.15) is 31.0 Å². The van der Waals surface area contributed by atoms with E-state index in [-0.39, 0.29) is 11.9 Å². The van der Waals surface area contributed by atoms with Gasteiger partial charge in [0.2, 0.25) is 0 Å². The quantitative estimate of drug-likeness (QED) is 0.735. The molecular formula is C18H22FNS. The third kappa shape index (κ3) is 4.87. The Kier molecular flexibility index (Phi) is 6.27. The van der Waals surface area contributed by atoms with Gasteiger partial charge >= 0.3 is 0 Å². The van der Waals surface area contributed by atoms with Crippen LogP contribution < -0.4 is 5.32 Å². The number of aryl methyl sites for hydroxylation is 1. The minimum atomic E-state index is -0.174. The minimum absolute atomic E-state index is 0.174. The topological polar surface area (TPSA) is 12.0 Å². The van der Waals surface area contributed by atoms with Crippen LogP contribution in [-0.2, 0) is 6.42 Å². The van der Waals surface area contributed by atoms with Crippen molar-refractivity contribution in [2.24, 2.45) is 0 Å². The molecule has 0 saturated carbocycles. The molecule has 1 unspecified atom stereocenters. The van der Waals surface area contributed by atoms with Crippen LogP contribution in [0.3, 0.4) is 0 Å². The summed E-state index contributed by atoms with van der Waals surface area (Å²) >= 11 is 1.68. The third-order valence-electron chi connectivity index (χ3n) is 3.45. The van der Waals surface area contributed by atoms with Gasteiger partial charge in [-0.15, -0.1) is 11.8 Å². The fraction of sp³-hybridized carbons (Fsp3) is 0.333. The molecule has 0 aliphatic carbocycles. The second kappa shape index (κ2) is 8.20. The van der Waals surface area contributed by atoms with Crippen molar-refractivity contribution in [2.75, 3.05) is 12.3 Å². The highest BCUT2D eigenvalue weighted by molar-refractivity contribution is 7.99. The molecule has 0 amide bonds. The smallest absolute Gasteiger partial charge is 0.124 e. The highest BCUT2D eigenvalue weighted by atomic mass is 32.2. The molecule has 1 atom stereocenters. The molecule has 2 rings (SSSR count). The predicted molar refractivity (Wildman–Crippen MR) is 89.4 cm³/mol. The molecule has 0 aliphatic rings. The van der Waals surface area contributed by atoms with Gasteiger partial charge in [0.1, 0.15) is 5.82 Å². The van der Waals surface area contributed by atoms with E-state index in [0.29, 0.717) is 0 Å². The van der Waals surface area contributed by atoms with E-state index in [1.54, 1.807) is 23.9 Å². The van der Waals surface area contributed by atoms with Crippen LogP contribution in [-0.4, -0.2) is 12.3 Å². The van der Waals surface area contributed by atoms with Crippen molar-refractivity contribution < 1.29 is 4.39 Å². The standard InChI is InChI=1S/C18H22FNS/c1-3-14-8-10-15(11-9-14)18(20-4-2)13-21-17-7-5-6-16(19)12-17/h5-12,18,20H,3-4,13H2,1-2H3. The van der Waals surface area contributed by atoms with Crippen LogP contribution in [0.4, 0.5) is 4.39 Å². The number of hydrogen-bond donors (Lipinski definition) is 1. The lowest BCUT2D eigenvalue weighted by Crippen LogP contribution is -2.22. The first-order valence-corrected chi connectivity index (χ1v) is 8.42. The van der Waals surface area contributed by atoms with Gasteiger partial charge in [-0.05, 0) is 42.3 Å². The molecule has 0 aromatic heterocycles. The van der Waals surface area contributed by atoms with E-state index in [2.05, 4.69) is 43.4 Å². The SMILES string of the molecule is CCNC(CSc1cccc(F)c1)c1ccc(CC)cc1. The van der Waals surface area contributed by atoms with Gasteiger partial charge in [-0.3, -0.25) is 0 Å². The summed E-state index contributed by atoms with van der Waals surface area (Å²) in [7, 11) is 0. The summed E-state index contributed by atoms with van der Waals surface area (Å²) in [4.78, 5) is 0.975. The fourth-order valence-corrected chi connectivity index (χ4v) is 3.28. The van der Waals surface area contributed by atoms with Gasteiger partial charge in [-0.2, -0.15) is 0 Å². The van der Waals surface area contributed by atoms with Gasteiger partial charge < -0.3 is 5.32 Å². The Morgan fingerprint density at radius 2 is 1.86 bits per heavy atom. The monoisotopic (exact) mass is 303 g/mol. The Morgan fingerprint density at radius 3 is 2.48 bits per heavy atom. The molecular weight excluding hydrogens is 281 g/mol. The van der Waals surface area contributed by atoms with Crippen LogP contribution in [0.25, 0.3) is 0 Å². The van der Waals surface area contributed by atoms with Crippen molar-refractivity contribution in [1.82, 2.24) is 5.32 Å². The molecule has 0 saturated heterocycles. The number of hydrogen-bond acceptors (Lipinski definition) is 2. The number of thioether (sulfide) groups is 1. The van der Waals surface area contributed by atoms with Gasteiger partial charge in [0, 0.05) is 16.7 Å². The largest absolute Gasteiger partial charge is 0.309 e. The van der Waals surface area contributed by atoms with Crippen LogP contribution in [0.5, 0.6) is 0 Å². The number of halogens is 1. The van der Waals surface area contributed by atoms with E-state index >= 15 is 0 Å². The van der Waals surface area contributed by atoms with E-state index in [4.69, 9.17) is 0 Å². The zero-order valence-corrected chi connectivity index (χ0v) is 13.4. The maximum absolute atomic E-state index is 13.2. The summed E-state index contributed by atoms with van der Waals surface area (Å²) in [5.41, 5.74) is 2.64. The van der Waals surface area contributed by atoms with Gasteiger partial charge in [-0.25, -0.2) is 4.39 Å². The zero-order chi connectivity index (χ0) is 15.1. The van der Waals surface area contributed by atoms with Crippen LogP contribution in [0.15, 0.2) is 53.4 Å². The lowest BCUT2D eigenvalue weighted by Gasteiger charge is -2.18. The van der Waals surface area contributed by atoms with Crippen molar-refractivity contribution in [1.29, 1.82) is 0 Å². The molecule has 1 nitrogen and oxygen atoms in total. The maximum Gasteiger partial charge on any atom is 0.124 e. The van der Waals surface area contributed by atoms with Gasteiger partial charge in [0.25, 0.3) is 0 Å². The molecule has 0 spiro atoms. The second-order valence-corrected chi connectivity index (χ2v) is 6.07. The molecule has 0 bridgehead atoms. The average molecular weight is 303 g/mol. The average Bonchev–Trinajstić information content (AvgIpc) is 2.52. The van der Waals surface area contributed by atoms with Crippen LogP contribution in [0, 0.1) is 5.82 Å². The van der Waals surface area contributed by atoms with E-state index in [0.717, 1.165) is 23.6 Å². The summed E-state index contributed by atoms with van der Waals surface area (Å²) in [6, 6.07) is 15.8. The normalized spacial score (nSPS) is 12.3. The molecule has 2 aromatic carbocycles. The van der Waals surface area contributed by atoms with Gasteiger partial charge in [0.05, 0.1) is 0 Å². The van der Waals surface area contributed by atoms with Crippen molar-refractivity contribution in [2.45, 2.75) is 31.2 Å². The predicted octanol–water partition coefficient (Wildman–Crippen LogP) is 4.83. The number of benzene rings is 2. The summed E-state index contributed by atoms with van der Waals surface area (Å²) in [6.07, 6.45) is 1.06. The van der Waals surface area contributed by atoms with Crippen molar-refractivity contribution in [3.8, 4) is 0 Å². The molecule has 2 aromatic rings. The third-order valence-corrected chi connectivity index (χ3v) is 4.54. The molecule has 1 N–H and O–H groups in total. The zero-order valence-electron chi connectivity index (χ0n) is 12.6. The molecule has 3 heteroatoms. The molecule has 0 fully saturated rings. The first-order chi connectivity index (χ1) is 10.2. The maximum atomic E-state index is 13.2. The molecule has 0 aliphatic heterocycles.